The lowest BCUT2D eigenvalue weighted by Gasteiger charge is -2.06. The summed E-state index contributed by atoms with van der Waals surface area (Å²) in [4.78, 5) is 28.7. The van der Waals surface area contributed by atoms with Gasteiger partial charge in [-0.15, -0.1) is 0 Å². The van der Waals surface area contributed by atoms with E-state index in [0.717, 1.165) is 0 Å². The third kappa shape index (κ3) is 2.71. The zero-order valence-corrected chi connectivity index (χ0v) is 11.6. The Morgan fingerprint density at radius 2 is 2.00 bits per heavy atom. The predicted octanol–water partition coefficient (Wildman–Crippen LogP) is 1.85. The van der Waals surface area contributed by atoms with Crippen LogP contribution in [0.4, 0.5) is 5.82 Å². The van der Waals surface area contributed by atoms with Crippen molar-refractivity contribution in [2.75, 3.05) is 5.32 Å². The highest BCUT2D eigenvalue weighted by Crippen LogP contribution is 2.12. The van der Waals surface area contributed by atoms with E-state index in [1.54, 1.807) is 19.1 Å². The molecule has 0 bridgehead atoms. The van der Waals surface area contributed by atoms with Gasteiger partial charge in [0.25, 0.3) is 5.91 Å². The quantitative estimate of drug-likeness (QED) is 0.772. The molecule has 0 aromatic carbocycles. The van der Waals surface area contributed by atoms with E-state index < -0.39 is 0 Å². The molecule has 0 fully saturated rings. The maximum absolute atomic E-state index is 12.2. The van der Waals surface area contributed by atoms with Crippen molar-refractivity contribution in [3.63, 3.8) is 0 Å². The molecule has 0 atom stereocenters. The molecule has 0 saturated carbocycles. The fourth-order valence-electron chi connectivity index (χ4n) is 1.97. The molecule has 0 spiro atoms. The molecular formula is C15H10N6O. The minimum Gasteiger partial charge on any atom is -0.306 e. The summed E-state index contributed by atoms with van der Waals surface area (Å²) in [6.45, 7) is 1.75. The number of carbonyl (C=O) groups excluding carboxylic acids is 1. The number of nitriles is 1. The van der Waals surface area contributed by atoms with Gasteiger partial charge >= 0.3 is 0 Å². The van der Waals surface area contributed by atoms with Crippen molar-refractivity contribution in [3.8, 4) is 6.07 Å². The van der Waals surface area contributed by atoms with Gasteiger partial charge < -0.3 is 5.32 Å². The lowest BCUT2D eigenvalue weighted by atomic mass is 10.2. The first-order chi connectivity index (χ1) is 10.7. The maximum Gasteiger partial charge on any atom is 0.258 e. The van der Waals surface area contributed by atoms with Gasteiger partial charge in [0, 0.05) is 24.3 Å². The van der Waals surface area contributed by atoms with Gasteiger partial charge in [-0.05, 0) is 25.1 Å². The Morgan fingerprint density at radius 3 is 2.82 bits per heavy atom. The first-order valence-electron chi connectivity index (χ1n) is 6.42. The van der Waals surface area contributed by atoms with Crippen molar-refractivity contribution in [2.24, 2.45) is 0 Å². The van der Waals surface area contributed by atoms with Crippen molar-refractivity contribution in [3.05, 3.63) is 53.6 Å². The average molecular weight is 290 g/mol. The second-order valence-electron chi connectivity index (χ2n) is 4.57. The smallest absolute Gasteiger partial charge is 0.258 e. The van der Waals surface area contributed by atoms with Crippen LogP contribution in [0.1, 0.15) is 21.6 Å². The van der Waals surface area contributed by atoms with E-state index in [4.69, 9.17) is 5.26 Å². The number of fused-ring (bicyclic) bond motifs is 1. The van der Waals surface area contributed by atoms with E-state index in [1.807, 2.05) is 6.07 Å². The minimum atomic E-state index is -0.373. The molecular weight excluding hydrogens is 280 g/mol. The fourth-order valence-corrected chi connectivity index (χ4v) is 1.97. The maximum atomic E-state index is 12.2. The Hall–Kier alpha value is -3.40. The summed E-state index contributed by atoms with van der Waals surface area (Å²) in [5.41, 5.74) is 2.43. The Morgan fingerprint density at radius 1 is 1.18 bits per heavy atom. The Labute approximate surface area is 125 Å². The summed E-state index contributed by atoms with van der Waals surface area (Å²) in [7, 11) is 0. The number of nitrogens with zero attached hydrogens (tertiary/aromatic N) is 5. The summed E-state index contributed by atoms with van der Waals surface area (Å²) in [5, 5.41) is 11.6. The van der Waals surface area contributed by atoms with Gasteiger partial charge in [-0.2, -0.15) is 5.26 Å². The van der Waals surface area contributed by atoms with Crippen LogP contribution >= 0.6 is 0 Å². The summed E-state index contributed by atoms with van der Waals surface area (Å²) in [6, 6.07) is 6.78. The van der Waals surface area contributed by atoms with Gasteiger partial charge in [0.1, 0.15) is 11.3 Å². The van der Waals surface area contributed by atoms with Crippen molar-refractivity contribution < 1.29 is 4.79 Å². The minimum absolute atomic E-state index is 0.320. The molecule has 0 aliphatic rings. The predicted molar refractivity (Wildman–Crippen MR) is 79.0 cm³/mol. The van der Waals surface area contributed by atoms with E-state index in [1.165, 1.54) is 24.7 Å². The van der Waals surface area contributed by atoms with Crippen molar-refractivity contribution in [1.29, 1.82) is 5.26 Å². The first-order valence-corrected chi connectivity index (χ1v) is 6.42. The first kappa shape index (κ1) is 13.6. The second kappa shape index (κ2) is 5.54. The summed E-state index contributed by atoms with van der Waals surface area (Å²) < 4.78 is 0. The highest BCUT2D eigenvalue weighted by atomic mass is 16.1. The van der Waals surface area contributed by atoms with Crippen molar-refractivity contribution in [2.45, 2.75) is 6.92 Å². The largest absolute Gasteiger partial charge is 0.306 e. The van der Waals surface area contributed by atoms with E-state index in [0.29, 0.717) is 33.8 Å². The normalized spacial score (nSPS) is 10.2. The topological polar surface area (TPSA) is 104 Å². The monoisotopic (exact) mass is 290 g/mol. The molecule has 7 heteroatoms. The molecule has 3 aromatic rings. The van der Waals surface area contributed by atoms with Crippen LogP contribution in [0.25, 0.3) is 11.2 Å². The number of aryl methyl sites for hydroxylation is 1. The van der Waals surface area contributed by atoms with Gasteiger partial charge in [0.2, 0.25) is 0 Å². The van der Waals surface area contributed by atoms with Crippen LogP contribution in [0.5, 0.6) is 0 Å². The van der Waals surface area contributed by atoms with E-state index in [2.05, 4.69) is 25.3 Å². The van der Waals surface area contributed by atoms with Crippen molar-refractivity contribution in [1.82, 2.24) is 19.9 Å². The van der Waals surface area contributed by atoms with Crippen LogP contribution in [0.2, 0.25) is 0 Å². The zero-order valence-electron chi connectivity index (χ0n) is 11.6. The van der Waals surface area contributed by atoms with Gasteiger partial charge in [0.05, 0.1) is 17.2 Å². The zero-order chi connectivity index (χ0) is 15.5. The average Bonchev–Trinajstić information content (AvgIpc) is 2.53. The molecule has 22 heavy (non-hydrogen) atoms. The van der Waals surface area contributed by atoms with E-state index in [9.17, 15) is 4.79 Å². The van der Waals surface area contributed by atoms with Crippen LogP contribution < -0.4 is 5.32 Å². The van der Waals surface area contributed by atoms with Crippen LogP contribution in [0.15, 0.2) is 36.8 Å². The third-order valence-corrected chi connectivity index (χ3v) is 2.91. The molecule has 7 nitrogen and oxygen atoms in total. The van der Waals surface area contributed by atoms with E-state index in [-0.39, 0.29) is 5.91 Å². The van der Waals surface area contributed by atoms with Crippen molar-refractivity contribution >= 4 is 22.9 Å². The molecule has 1 N–H and O–H groups in total. The molecule has 0 aliphatic carbocycles. The fraction of sp³-hybridized carbons (Fsp3) is 0.0667. The summed E-state index contributed by atoms with van der Waals surface area (Å²) >= 11 is 0. The lowest BCUT2D eigenvalue weighted by molar-refractivity contribution is 0.102. The lowest BCUT2D eigenvalue weighted by Crippen LogP contribution is -2.14. The standard InChI is InChI=1S/C15H10N6O/c1-9-4-10(7-16)5-13(20-9)21-15(22)11-6-12-14(19-8-11)18-3-2-17-12/h2-6,8H,1H3,(H,20,21,22). The number of amides is 1. The van der Waals surface area contributed by atoms with Gasteiger partial charge in [-0.1, -0.05) is 0 Å². The number of pyridine rings is 2. The SMILES string of the molecule is Cc1cc(C#N)cc(NC(=O)c2cnc3nccnc3c2)n1. The second-order valence-corrected chi connectivity index (χ2v) is 4.57. The summed E-state index contributed by atoms with van der Waals surface area (Å²) in [6.07, 6.45) is 4.50. The van der Waals surface area contributed by atoms with Crippen LogP contribution in [-0.4, -0.2) is 25.8 Å². The number of hydrogen-bond donors (Lipinski definition) is 1. The molecule has 106 valence electrons. The number of aromatic nitrogens is 4. The molecule has 0 unspecified atom stereocenters. The van der Waals surface area contributed by atoms with E-state index >= 15 is 0 Å². The van der Waals surface area contributed by atoms with Crippen LogP contribution in [-0.2, 0) is 0 Å². The summed E-state index contributed by atoms with van der Waals surface area (Å²) in [5.74, 6) is -0.0529. The molecule has 0 saturated heterocycles. The molecule has 3 rings (SSSR count). The van der Waals surface area contributed by atoms with Gasteiger partial charge in [-0.3, -0.25) is 9.78 Å². The molecule has 0 radical (unpaired) electrons. The molecule has 0 aliphatic heterocycles. The Balaban J connectivity index is 1.90. The highest BCUT2D eigenvalue weighted by molar-refractivity contribution is 6.04. The van der Waals surface area contributed by atoms with Gasteiger partial charge in [0.15, 0.2) is 5.65 Å². The number of hydrogen-bond acceptors (Lipinski definition) is 6. The highest BCUT2D eigenvalue weighted by Gasteiger charge is 2.10. The Bertz CT molecular complexity index is 915. The number of carbonyl (C=O) groups is 1. The third-order valence-electron chi connectivity index (χ3n) is 2.91. The molecule has 3 heterocycles. The van der Waals surface area contributed by atoms with Gasteiger partial charge in [-0.25, -0.2) is 15.0 Å². The van der Waals surface area contributed by atoms with Crippen LogP contribution in [0.3, 0.4) is 0 Å². The number of rotatable bonds is 2. The molecule has 1 amide bonds. The molecule has 3 aromatic heterocycles. The van der Waals surface area contributed by atoms with Crippen LogP contribution in [0, 0.1) is 18.3 Å². The Kier molecular flexibility index (Phi) is 3.42. The number of nitrogens with one attached hydrogen (secondary N) is 1. The number of anilines is 1.